The van der Waals surface area contributed by atoms with E-state index < -0.39 is 0 Å². The summed E-state index contributed by atoms with van der Waals surface area (Å²) in [7, 11) is 0. The molecule has 0 bridgehead atoms. The lowest BCUT2D eigenvalue weighted by Crippen LogP contribution is -2.26. The monoisotopic (exact) mass is 263 g/mol. The summed E-state index contributed by atoms with van der Waals surface area (Å²) in [4.78, 5) is 14.5. The summed E-state index contributed by atoms with van der Waals surface area (Å²) >= 11 is 0. The first-order valence-corrected chi connectivity index (χ1v) is 6.64. The third-order valence-corrected chi connectivity index (χ3v) is 3.97. The molecule has 4 heteroatoms. The Balaban J connectivity index is 1.90. The van der Waals surface area contributed by atoms with E-state index in [9.17, 15) is 4.91 Å². The molecule has 20 heavy (non-hydrogen) atoms. The van der Waals surface area contributed by atoms with Crippen molar-refractivity contribution in [2.75, 3.05) is 0 Å². The van der Waals surface area contributed by atoms with E-state index in [0.29, 0.717) is 5.70 Å². The molecule has 2 atom stereocenters. The number of nitroso groups, excluding NO2 is 1. The zero-order valence-electron chi connectivity index (χ0n) is 10.7. The van der Waals surface area contributed by atoms with E-state index >= 15 is 0 Å². The summed E-state index contributed by atoms with van der Waals surface area (Å²) in [5, 5.41) is 7.80. The Hall–Kier alpha value is -2.62. The smallest absolute Gasteiger partial charge is 0.118 e. The van der Waals surface area contributed by atoms with E-state index in [1.54, 1.807) is 0 Å². The number of rotatable bonds is 2. The molecule has 4 rings (SSSR count). The number of fused-ring (bicyclic) bond motifs is 2. The molecule has 1 aromatic heterocycles. The second kappa shape index (κ2) is 4.20. The van der Waals surface area contributed by atoms with Crippen molar-refractivity contribution in [3.63, 3.8) is 0 Å². The Morgan fingerprint density at radius 2 is 1.95 bits per heavy atom. The van der Waals surface area contributed by atoms with E-state index in [1.807, 2.05) is 48.7 Å². The Morgan fingerprint density at radius 1 is 1.10 bits per heavy atom. The van der Waals surface area contributed by atoms with Gasteiger partial charge in [-0.2, -0.15) is 0 Å². The van der Waals surface area contributed by atoms with Gasteiger partial charge in [-0.3, -0.25) is 0 Å². The number of para-hydroxylation sites is 1. The van der Waals surface area contributed by atoms with E-state index in [4.69, 9.17) is 0 Å². The predicted octanol–water partition coefficient (Wildman–Crippen LogP) is 3.32. The van der Waals surface area contributed by atoms with Gasteiger partial charge in [0, 0.05) is 28.6 Å². The lowest BCUT2D eigenvalue weighted by molar-refractivity contribution is 0.632. The van der Waals surface area contributed by atoms with Gasteiger partial charge in [0.15, 0.2) is 0 Å². The molecule has 2 unspecified atom stereocenters. The van der Waals surface area contributed by atoms with Crippen LogP contribution in [0.4, 0.5) is 0 Å². The zero-order chi connectivity index (χ0) is 13.5. The largest absolute Gasteiger partial charge is 0.376 e. The van der Waals surface area contributed by atoms with E-state index in [1.165, 1.54) is 0 Å². The van der Waals surface area contributed by atoms with Crippen LogP contribution >= 0.6 is 0 Å². The molecule has 0 fully saturated rings. The Kier molecular flexibility index (Phi) is 2.36. The Morgan fingerprint density at radius 3 is 2.85 bits per heavy atom. The number of nitrogens with one attached hydrogen (secondary N) is 2. The summed E-state index contributed by atoms with van der Waals surface area (Å²) < 4.78 is 0. The molecule has 2 N–H and O–H groups in total. The summed E-state index contributed by atoms with van der Waals surface area (Å²) in [5.74, 6) is 0.0289. The number of hydrogen-bond donors (Lipinski definition) is 2. The number of benzene rings is 1. The fourth-order valence-corrected chi connectivity index (χ4v) is 3.01. The van der Waals surface area contributed by atoms with Crippen molar-refractivity contribution in [3.05, 3.63) is 70.9 Å². The van der Waals surface area contributed by atoms with Gasteiger partial charge in [-0.15, -0.1) is 4.91 Å². The fraction of sp³-hybridized carbons (Fsp3) is 0.125. The minimum absolute atomic E-state index is 0.0289. The second-order valence-electron chi connectivity index (χ2n) is 5.07. The maximum Gasteiger partial charge on any atom is 0.118 e. The molecule has 1 aromatic carbocycles. The topological polar surface area (TPSA) is 57.2 Å². The Bertz CT molecular complexity index is 782. The van der Waals surface area contributed by atoms with Crippen LogP contribution in [0.25, 0.3) is 16.6 Å². The molecular weight excluding hydrogens is 250 g/mol. The molecule has 1 aliphatic carbocycles. The molecule has 1 aliphatic heterocycles. The minimum atomic E-state index is 0.0289. The first-order chi connectivity index (χ1) is 9.88. The molecule has 2 heterocycles. The van der Waals surface area contributed by atoms with Crippen LogP contribution in [0.1, 0.15) is 5.56 Å². The van der Waals surface area contributed by atoms with Crippen molar-refractivity contribution >= 4 is 16.6 Å². The number of nitrogens with zero attached hydrogens (tertiary/aromatic N) is 1. The van der Waals surface area contributed by atoms with Gasteiger partial charge in [0.2, 0.25) is 0 Å². The van der Waals surface area contributed by atoms with Crippen LogP contribution in [0.5, 0.6) is 0 Å². The fourth-order valence-electron chi connectivity index (χ4n) is 3.01. The van der Waals surface area contributed by atoms with Crippen LogP contribution in [0.15, 0.2) is 65.6 Å². The van der Waals surface area contributed by atoms with Crippen LogP contribution in [0.3, 0.4) is 0 Å². The summed E-state index contributed by atoms with van der Waals surface area (Å²) in [5.41, 5.74) is 3.48. The Labute approximate surface area is 115 Å². The third kappa shape index (κ3) is 1.48. The van der Waals surface area contributed by atoms with Crippen LogP contribution in [0.2, 0.25) is 0 Å². The van der Waals surface area contributed by atoms with Crippen LogP contribution in [-0.2, 0) is 0 Å². The minimum Gasteiger partial charge on any atom is -0.376 e. The summed E-state index contributed by atoms with van der Waals surface area (Å²) in [6.45, 7) is 0. The standard InChI is InChI=1S/C16H13N3O/c20-19-16-11-6-2-4-8-14(11)18-15(16)12-9-17-13-7-3-1-5-10(12)13/h1-9,11,14,17-18H. The molecular formula is C16H13N3O. The molecule has 98 valence electrons. The molecule has 0 spiro atoms. The summed E-state index contributed by atoms with van der Waals surface area (Å²) in [6.07, 6.45) is 9.98. The average molecular weight is 263 g/mol. The second-order valence-corrected chi connectivity index (χ2v) is 5.07. The average Bonchev–Trinajstić information content (AvgIpc) is 3.07. The van der Waals surface area contributed by atoms with Crippen molar-refractivity contribution in [1.29, 1.82) is 0 Å². The highest BCUT2D eigenvalue weighted by atomic mass is 16.3. The van der Waals surface area contributed by atoms with E-state index in [-0.39, 0.29) is 12.0 Å². The molecule has 2 aromatic rings. The molecule has 0 saturated heterocycles. The van der Waals surface area contributed by atoms with Gasteiger partial charge in [0.05, 0.1) is 11.7 Å². The van der Waals surface area contributed by atoms with Crippen molar-refractivity contribution in [2.24, 2.45) is 11.1 Å². The zero-order valence-corrected chi connectivity index (χ0v) is 10.7. The van der Waals surface area contributed by atoms with Crippen molar-refractivity contribution in [1.82, 2.24) is 10.3 Å². The quantitative estimate of drug-likeness (QED) is 0.817. The normalized spacial score (nSPS) is 24.0. The van der Waals surface area contributed by atoms with Gasteiger partial charge in [-0.1, -0.05) is 42.5 Å². The molecule has 0 saturated carbocycles. The molecule has 0 amide bonds. The van der Waals surface area contributed by atoms with Gasteiger partial charge >= 0.3 is 0 Å². The highest BCUT2D eigenvalue weighted by Crippen LogP contribution is 2.37. The van der Waals surface area contributed by atoms with Crippen LogP contribution < -0.4 is 5.32 Å². The number of hydrogen-bond acceptors (Lipinski definition) is 3. The SMILES string of the molecule is O=NC1=C(c2c[nH]c3ccccc23)NC2C=CC=CC12. The lowest BCUT2D eigenvalue weighted by Gasteiger charge is -2.15. The predicted molar refractivity (Wildman–Crippen MR) is 79.7 cm³/mol. The number of aromatic amines is 1. The van der Waals surface area contributed by atoms with Crippen LogP contribution in [0, 0.1) is 10.8 Å². The highest BCUT2D eigenvalue weighted by molar-refractivity contribution is 5.93. The molecule has 2 aliphatic rings. The van der Waals surface area contributed by atoms with Gasteiger partial charge in [0.1, 0.15) is 5.70 Å². The first kappa shape index (κ1) is 11.2. The van der Waals surface area contributed by atoms with E-state index in [2.05, 4.69) is 21.6 Å². The molecule has 4 nitrogen and oxygen atoms in total. The van der Waals surface area contributed by atoms with Gasteiger partial charge in [-0.25, -0.2) is 0 Å². The lowest BCUT2D eigenvalue weighted by atomic mass is 9.95. The van der Waals surface area contributed by atoms with Crippen molar-refractivity contribution in [3.8, 4) is 0 Å². The maximum absolute atomic E-state index is 11.3. The molecule has 0 radical (unpaired) electrons. The third-order valence-electron chi connectivity index (χ3n) is 3.97. The number of H-pyrrole nitrogens is 1. The van der Waals surface area contributed by atoms with Gasteiger partial charge < -0.3 is 10.3 Å². The van der Waals surface area contributed by atoms with Crippen molar-refractivity contribution < 1.29 is 0 Å². The maximum atomic E-state index is 11.3. The van der Waals surface area contributed by atoms with E-state index in [0.717, 1.165) is 22.2 Å². The number of aromatic nitrogens is 1. The first-order valence-electron chi connectivity index (χ1n) is 6.64. The summed E-state index contributed by atoms with van der Waals surface area (Å²) in [6, 6.07) is 8.18. The van der Waals surface area contributed by atoms with Gasteiger partial charge in [0.25, 0.3) is 0 Å². The van der Waals surface area contributed by atoms with Gasteiger partial charge in [-0.05, 0) is 11.2 Å². The highest BCUT2D eigenvalue weighted by Gasteiger charge is 2.34. The van der Waals surface area contributed by atoms with Crippen LogP contribution in [-0.4, -0.2) is 11.0 Å². The van der Waals surface area contributed by atoms with Crippen molar-refractivity contribution in [2.45, 2.75) is 6.04 Å². The number of allylic oxidation sites excluding steroid dienone is 2.